The van der Waals surface area contributed by atoms with Crippen molar-refractivity contribution in [2.75, 3.05) is 29.5 Å². The fourth-order valence-corrected chi connectivity index (χ4v) is 6.44. The van der Waals surface area contributed by atoms with E-state index in [4.69, 9.17) is 11.6 Å². The molecule has 0 saturated carbocycles. The van der Waals surface area contributed by atoms with E-state index in [1.54, 1.807) is 4.90 Å². The fourth-order valence-electron chi connectivity index (χ4n) is 4.06. The molecular weight excluding hydrogens is 464 g/mol. The van der Waals surface area contributed by atoms with Gasteiger partial charge in [0.2, 0.25) is 5.91 Å². The second-order valence-electron chi connectivity index (χ2n) is 7.30. The number of amides is 1. The van der Waals surface area contributed by atoms with Crippen LogP contribution in [0, 0.1) is 0 Å². The third-order valence-corrected chi connectivity index (χ3v) is 7.89. The van der Waals surface area contributed by atoms with Gasteiger partial charge in [0.05, 0.1) is 24.1 Å². The summed E-state index contributed by atoms with van der Waals surface area (Å²) < 4.78 is 25.7. The molecule has 28 heavy (non-hydrogen) atoms. The van der Waals surface area contributed by atoms with Crippen LogP contribution in [0.3, 0.4) is 0 Å². The number of carbonyl (C=O) groups is 1. The van der Waals surface area contributed by atoms with Gasteiger partial charge in [-0.2, -0.15) is 0 Å². The number of piperazine rings is 1. The number of carbonyl (C=O) groups excluding carboxylic acids is 1. The molecule has 2 aliphatic rings. The van der Waals surface area contributed by atoms with Gasteiger partial charge in [-0.25, -0.2) is 8.42 Å². The van der Waals surface area contributed by atoms with E-state index in [0.717, 1.165) is 22.1 Å². The van der Waals surface area contributed by atoms with E-state index < -0.39 is 9.84 Å². The monoisotopic (exact) mass is 482 g/mol. The van der Waals surface area contributed by atoms with Crippen LogP contribution in [0.5, 0.6) is 0 Å². The smallest absolute Gasteiger partial charge is 0.241 e. The highest BCUT2D eigenvalue weighted by atomic mass is 79.9. The van der Waals surface area contributed by atoms with Crippen molar-refractivity contribution in [3.8, 4) is 0 Å². The molecule has 0 aliphatic carbocycles. The van der Waals surface area contributed by atoms with Crippen molar-refractivity contribution in [2.45, 2.75) is 18.5 Å². The summed E-state index contributed by atoms with van der Waals surface area (Å²) in [5.41, 5.74) is 1.86. The Morgan fingerprint density at radius 1 is 1.00 bits per heavy atom. The van der Waals surface area contributed by atoms with Crippen LogP contribution < -0.4 is 4.90 Å². The van der Waals surface area contributed by atoms with Crippen molar-refractivity contribution in [3.63, 3.8) is 0 Å². The first kappa shape index (κ1) is 19.9. The van der Waals surface area contributed by atoms with E-state index in [1.807, 2.05) is 53.4 Å². The highest BCUT2D eigenvalue weighted by Crippen LogP contribution is 2.32. The first-order valence-electron chi connectivity index (χ1n) is 9.09. The molecule has 1 amide bonds. The summed E-state index contributed by atoms with van der Waals surface area (Å²) >= 11 is 9.34. The Kier molecular flexibility index (Phi) is 5.53. The summed E-state index contributed by atoms with van der Waals surface area (Å²) in [6, 6.07) is 14.5. The van der Waals surface area contributed by atoms with E-state index in [1.165, 1.54) is 0 Å². The number of hydrogen-bond donors (Lipinski definition) is 0. The van der Waals surface area contributed by atoms with E-state index in [2.05, 4.69) is 15.9 Å². The minimum Gasteiger partial charge on any atom is -0.306 e. The molecule has 5 nitrogen and oxygen atoms in total. The molecule has 0 spiro atoms. The molecule has 2 heterocycles. The second kappa shape index (κ2) is 7.78. The predicted octanol–water partition coefficient (Wildman–Crippen LogP) is 3.16. The minimum absolute atomic E-state index is 0.0108. The van der Waals surface area contributed by atoms with Crippen LogP contribution in [0.2, 0.25) is 5.02 Å². The molecule has 148 valence electrons. The van der Waals surface area contributed by atoms with Crippen LogP contribution in [0.15, 0.2) is 53.0 Å². The van der Waals surface area contributed by atoms with Gasteiger partial charge in [0, 0.05) is 27.8 Å². The summed E-state index contributed by atoms with van der Waals surface area (Å²) in [6.07, 6.45) is 0.742. The van der Waals surface area contributed by atoms with Crippen LogP contribution in [-0.4, -0.2) is 55.9 Å². The topological polar surface area (TPSA) is 57.7 Å². The summed E-state index contributed by atoms with van der Waals surface area (Å²) in [7, 11) is -3.19. The molecule has 2 fully saturated rings. The molecular formula is C20H20BrClN2O3S. The average molecular weight is 484 g/mol. The summed E-state index contributed by atoms with van der Waals surface area (Å²) in [5, 5.41) is 0.684. The van der Waals surface area contributed by atoms with Crippen LogP contribution >= 0.6 is 27.5 Å². The van der Waals surface area contributed by atoms with Crippen LogP contribution in [-0.2, 0) is 21.1 Å². The standard InChI is InChI=1S/C20H20BrClN2O3S/c21-15-3-7-17(8-4-15)24-19-13-28(26,27)12-18(19)23(11-20(24)25)10-9-14-1-5-16(22)6-2-14/h1-8,18-19H,9-13H2/t18-,19-/m1/s1. The van der Waals surface area contributed by atoms with Crippen LogP contribution in [0.4, 0.5) is 5.69 Å². The number of hydrogen-bond acceptors (Lipinski definition) is 4. The van der Waals surface area contributed by atoms with E-state index >= 15 is 0 Å². The Morgan fingerprint density at radius 3 is 2.32 bits per heavy atom. The Balaban J connectivity index is 1.57. The summed E-state index contributed by atoms with van der Waals surface area (Å²) in [4.78, 5) is 16.7. The molecule has 4 rings (SSSR count). The lowest BCUT2D eigenvalue weighted by atomic mass is 10.0. The van der Waals surface area contributed by atoms with Gasteiger partial charge < -0.3 is 4.90 Å². The zero-order valence-electron chi connectivity index (χ0n) is 15.1. The molecule has 2 atom stereocenters. The Bertz CT molecular complexity index is 980. The second-order valence-corrected chi connectivity index (χ2v) is 10.8. The highest BCUT2D eigenvalue weighted by Gasteiger charge is 2.49. The van der Waals surface area contributed by atoms with Crippen molar-refractivity contribution < 1.29 is 13.2 Å². The van der Waals surface area contributed by atoms with Gasteiger partial charge in [-0.3, -0.25) is 9.69 Å². The maximum atomic E-state index is 13.0. The van der Waals surface area contributed by atoms with Crippen molar-refractivity contribution in [1.29, 1.82) is 0 Å². The van der Waals surface area contributed by atoms with Crippen LogP contribution in [0.1, 0.15) is 5.56 Å². The predicted molar refractivity (Wildman–Crippen MR) is 115 cm³/mol. The van der Waals surface area contributed by atoms with Gasteiger partial charge >= 0.3 is 0 Å². The van der Waals surface area contributed by atoms with Crippen LogP contribution in [0.25, 0.3) is 0 Å². The number of anilines is 1. The molecule has 0 bridgehead atoms. The largest absolute Gasteiger partial charge is 0.306 e. The SMILES string of the molecule is O=C1CN(CCc2ccc(Cl)cc2)[C@@H]2CS(=O)(=O)C[C@H]2N1c1ccc(Br)cc1. The normalized spacial score (nSPS) is 24.4. The molecule has 0 unspecified atom stereocenters. The number of fused-ring (bicyclic) bond motifs is 1. The first-order valence-corrected chi connectivity index (χ1v) is 12.1. The zero-order valence-corrected chi connectivity index (χ0v) is 18.3. The maximum Gasteiger partial charge on any atom is 0.241 e. The molecule has 0 radical (unpaired) electrons. The third-order valence-electron chi connectivity index (χ3n) is 5.41. The van der Waals surface area contributed by atoms with Crippen molar-refractivity contribution in [3.05, 3.63) is 63.6 Å². The molecule has 0 aromatic heterocycles. The quantitative estimate of drug-likeness (QED) is 0.670. The number of sulfone groups is 1. The van der Waals surface area contributed by atoms with Crippen molar-refractivity contribution >= 4 is 49.0 Å². The fraction of sp³-hybridized carbons (Fsp3) is 0.350. The lowest BCUT2D eigenvalue weighted by Crippen LogP contribution is -2.62. The zero-order chi connectivity index (χ0) is 19.9. The molecule has 2 aromatic carbocycles. The lowest BCUT2D eigenvalue weighted by Gasteiger charge is -2.43. The van der Waals surface area contributed by atoms with Gasteiger partial charge in [0.25, 0.3) is 0 Å². The first-order chi connectivity index (χ1) is 13.3. The number of benzene rings is 2. The molecule has 2 aliphatic heterocycles. The third kappa shape index (κ3) is 4.13. The minimum atomic E-state index is -3.19. The number of halogens is 2. The van der Waals surface area contributed by atoms with E-state index in [0.29, 0.717) is 11.6 Å². The Hall–Kier alpha value is -1.41. The van der Waals surface area contributed by atoms with Gasteiger partial charge in [0.15, 0.2) is 9.84 Å². The number of rotatable bonds is 4. The van der Waals surface area contributed by atoms with Crippen molar-refractivity contribution in [1.82, 2.24) is 4.90 Å². The summed E-state index contributed by atoms with van der Waals surface area (Å²) in [6.45, 7) is 0.860. The van der Waals surface area contributed by atoms with E-state index in [9.17, 15) is 13.2 Å². The number of nitrogens with zero attached hydrogens (tertiary/aromatic N) is 2. The Labute approximate surface area is 178 Å². The molecule has 2 aromatic rings. The van der Waals surface area contributed by atoms with Gasteiger partial charge in [-0.05, 0) is 48.4 Å². The Morgan fingerprint density at radius 2 is 1.64 bits per heavy atom. The van der Waals surface area contributed by atoms with Gasteiger partial charge in [0.1, 0.15) is 0 Å². The molecule has 8 heteroatoms. The van der Waals surface area contributed by atoms with Gasteiger partial charge in [-0.15, -0.1) is 0 Å². The lowest BCUT2D eigenvalue weighted by molar-refractivity contribution is -0.123. The van der Waals surface area contributed by atoms with E-state index in [-0.39, 0.29) is 36.0 Å². The van der Waals surface area contributed by atoms with Crippen molar-refractivity contribution in [2.24, 2.45) is 0 Å². The maximum absolute atomic E-state index is 13.0. The average Bonchev–Trinajstić information content (AvgIpc) is 2.97. The highest BCUT2D eigenvalue weighted by molar-refractivity contribution is 9.10. The summed E-state index contributed by atoms with van der Waals surface area (Å²) in [5.74, 6) is 0.0481. The molecule has 0 N–H and O–H groups in total. The van der Waals surface area contributed by atoms with Gasteiger partial charge in [-0.1, -0.05) is 39.7 Å². The molecule has 2 saturated heterocycles.